The predicted molar refractivity (Wildman–Crippen MR) is 76.4 cm³/mol. The van der Waals surface area contributed by atoms with Crippen molar-refractivity contribution in [3.05, 3.63) is 52.2 Å². The third-order valence-electron chi connectivity index (χ3n) is 3.44. The average molecular weight is 274 g/mol. The molecule has 2 aromatic rings. The molecule has 0 atom stereocenters. The van der Waals surface area contributed by atoms with Crippen LogP contribution in [0.5, 0.6) is 0 Å². The predicted octanol–water partition coefficient (Wildman–Crippen LogP) is 2.23. The number of carboxylic acids is 1. The van der Waals surface area contributed by atoms with Crippen LogP contribution in [0.4, 0.5) is 0 Å². The number of imidazole rings is 1. The molecule has 0 saturated heterocycles. The van der Waals surface area contributed by atoms with Crippen LogP contribution >= 0.6 is 0 Å². The van der Waals surface area contributed by atoms with E-state index in [0.717, 1.165) is 16.9 Å². The highest BCUT2D eigenvalue weighted by Gasteiger charge is 2.24. The highest BCUT2D eigenvalue weighted by atomic mass is 16.4. The first-order valence-electron chi connectivity index (χ1n) is 6.41. The van der Waals surface area contributed by atoms with E-state index in [4.69, 9.17) is 5.11 Å². The molecule has 2 rings (SSSR count). The van der Waals surface area contributed by atoms with E-state index in [2.05, 4.69) is 4.98 Å². The maximum atomic E-state index is 11.8. The van der Waals surface area contributed by atoms with Gasteiger partial charge >= 0.3 is 11.7 Å². The van der Waals surface area contributed by atoms with Gasteiger partial charge in [-0.05, 0) is 24.6 Å². The van der Waals surface area contributed by atoms with Gasteiger partial charge in [-0.25, -0.2) is 4.79 Å². The minimum Gasteiger partial charge on any atom is -0.481 e. The number of H-pyrrole nitrogens is 1. The van der Waals surface area contributed by atoms with Crippen LogP contribution in [0.15, 0.2) is 35.3 Å². The number of nitrogens with one attached hydrogen (secondary N) is 1. The lowest BCUT2D eigenvalue weighted by atomic mass is 9.81. The number of nitrogens with zero attached hydrogens (tertiary/aromatic N) is 1. The number of aliphatic carboxylic acids is 1. The average Bonchev–Trinajstić information content (AvgIpc) is 2.68. The number of aryl methyl sites for hydroxylation is 1. The zero-order valence-electron chi connectivity index (χ0n) is 11.8. The molecular weight excluding hydrogens is 256 g/mol. The monoisotopic (exact) mass is 274 g/mol. The number of aromatic nitrogens is 2. The van der Waals surface area contributed by atoms with Crippen molar-refractivity contribution in [2.75, 3.05) is 0 Å². The molecule has 0 fully saturated rings. The molecule has 0 aliphatic rings. The van der Waals surface area contributed by atoms with Crippen LogP contribution in [0.2, 0.25) is 0 Å². The number of carbonyl (C=O) groups is 1. The summed E-state index contributed by atoms with van der Waals surface area (Å²) < 4.78 is 1.57. The number of benzene rings is 1. The molecule has 0 spiro atoms. The van der Waals surface area contributed by atoms with Crippen molar-refractivity contribution in [3.63, 3.8) is 0 Å². The quantitative estimate of drug-likeness (QED) is 0.897. The Balaban J connectivity index is 2.48. The molecule has 0 radical (unpaired) electrons. The number of carboxylic acid groups (broad SMARTS) is 1. The topological polar surface area (TPSA) is 75.1 Å². The van der Waals surface area contributed by atoms with Gasteiger partial charge < -0.3 is 10.1 Å². The molecule has 0 bridgehead atoms. The fourth-order valence-corrected chi connectivity index (χ4v) is 2.32. The molecule has 20 heavy (non-hydrogen) atoms. The Morgan fingerprint density at radius 1 is 1.40 bits per heavy atom. The van der Waals surface area contributed by atoms with Crippen LogP contribution in [0, 0.1) is 6.92 Å². The van der Waals surface area contributed by atoms with E-state index in [1.54, 1.807) is 10.8 Å². The summed E-state index contributed by atoms with van der Waals surface area (Å²) in [5, 5.41) is 8.99. The summed E-state index contributed by atoms with van der Waals surface area (Å²) in [4.78, 5) is 25.4. The SMILES string of the molecule is Cc1c[nH]c(=O)n1-c1cccc(C(C)(C)CC(=O)O)c1. The number of rotatable bonds is 4. The summed E-state index contributed by atoms with van der Waals surface area (Å²) in [7, 11) is 0. The van der Waals surface area contributed by atoms with Crippen LogP contribution in [0.25, 0.3) is 5.69 Å². The van der Waals surface area contributed by atoms with Crippen molar-refractivity contribution < 1.29 is 9.90 Å². The van der Waals surface area contributed by atoms with E-state index in [-0.39, 0.29) is 12.1 Å². The van der Waals surface area contributed by atoms with Crippen LogP contribution in [0.3, 0.4) is 0 Å². The third-order valence-corrected chi connectivity index (χ3v) is 3.44. The second kappa shape index (κ2) is 5.00. The van der Waals surface area contributed by atoms with Crippen molar-refractivity contribution in [1.29, 1.82) is 0 Å². The largest absolute Gasteiger partial charge is 0.481 e. The van der Waals surface area contributed by atoms with Gasteiger partial charge in [0.05, 0.1) is 12.1 Å². The van der Waals surface area contributed by atoms with Gasteiger partial charge in [-0.3, -0.25) is 9.36 Å². The molecule has 0 saturated carbocycles. The Morgan fingerprint density at radius 2 is 2.10 bits per heavy atom. The van der Waals surface area contributed by atoms with Crippen molar-refractivity contribution in [2.45, 2.75) is 32.6 Å². The Hall–Kier alpha value is -2.30. The molecule has 5 heteroatoms. The zero-order chi connectivity index (χ0) is 14.9. The van der Waals surface area contributed by atoms with E-state index in [9.17, 15) is 9.59 Å². The Bertz CT molecular complexity index is 695. The van der Waals surface area contributed by atoms with Crippen LogP contribution < -0.4 is 5.69 Å². The highest BCUT2D eigenvalue weighted by Crippen LogP contribution is 2.28. The molecule has 0 aliphatic carbocycles. The highest BCUT2D eigenvalue weighted by molar-refractivity contribution is 5.69. The van der Waals surface area contributed by atoms with Crippen molar-refractivity contribution in [3.8, 4) is 5.69 Å². The van der Waals surface area contributed by atoms with Crippen LogP contribution in [-0.4, -0.2) is 20.6 Å². The first kappa shape index (κ1) is 14.1. The minimum atomic E-state index is -0.838. The van der Waals surface area contributed by atoms with Crippen molar-refractivity contribution in [1.82, 2.24) is 9.55 Å². The molecule has 0 amide bonds. The van der Waals surface area contributed by atoms with E-state index in [1.807, 2.05) is 45.0 Å². The second-order valence-electron chi connectivity index (χ2n) is 5.58. The van der Waals surface area contributed by atoms with E-state index in [1.165, 1.54) is 0 Å². The zero-order valence-corrected chi connectivity index (χ0v) is 11.8. The fourth-order valence-electron chi connectivity index (χ4n) is 2.32. The van der Waals surface area contributed by atoms with Crippen LogP contribution in [-0.2, 0) is 10.2 Å². The molecule has 106 valence electrons. The number of hydrogen-bond donors (Lipinski definition) is 2. The van der Waals surface area contributed by atoms with Gasteiger partial charge in [-0.15, -0.1) is 0 Å². The summed E-state index contributed by atoms with van der Waals surface area (Å²) in [6.45, 7) is 5.60. The fraction of sp³-hybridized carbons (Fsp3) is 0.333. The smallest absolute Gasteiger partial charge is 0.330 e. The molecular formula is C15H18N2O3. The Kier molecular flexibility index (Phi) is 3.53. The number of aromatic amines is 1. The van der Waals surface area contributed by atoms with E-state index >= 15 is 0 Å². The van der Waals surface area contributed by atoms with Gasteiger partial charge in [0.25, 0.3) is 0 Å². The minimum absolute atomic E-state index is 0.0392. The van der Waals surface area contributed by atoms with Gasteiger partial charge in [-0.1, -0.05) is 26.0 Å². The molecule has 1 heterocycles. The van der Waals surface area contributed by atoms with E-state index < -0.39 is 11.4 Å². The van der Waals surface area contributed by atoms with Gasteiger partial charge in [0, 0.05) is 17.3 Å². The molecule has 0 unspecified atom stereocenters. The third kappa shape index (κ3) is 2.66. The molecule has 1 aromatic carbocycles. The molecule has 0 aliphatic heterocycles. The molecule has 1 aromatic heterocycles. The lowest BCUT2D eigenvalue weighted by molar-refractivity contribution is -0.138. The maximum absolute atomic E-state index is 11.8. The second-order valence-corrected chi connectivity index (χ2v) is 5.58. The van der Waals surface area contributed by atoms with Gasteiger partial charge in [0.2, 0.25) is 0 Å². The van der Waals surface area contributed by atoms with Gasteiger partial charge in [-0.2, -0.15) is 0 Å². The maximum Gasteiger partial charge on any atom is 0.330 e. The summed E-state index contributed by atoms with van der Waals surface area (Å²) in [5.41, 5.74) is 1.75. The summed E-state index contributed by atoms with van der Waals surface area (Å²) in [6, 6.07) is 7.43. The standard InChI is InChI=1S/C15H18N2O3/c1-10-9-16-14(20)17(10)12-6-4-5-11(7-12)15(2,3)8-13(18)19/h4-7,9H,8H2,1-3H3,(H,16,20)(H,18,19). The van der Waals surface area contributed by atoms with Gasteiger partial charge in [0.15, 0.2) is 0 Å². The van der Waals surface area contributed by atoms with Crippen molar-refractivity contribution >= 4 is 5.97 Å². The van der Waals surface area contributed by atoms with Crippen LogP contribution in [0.1, 0.15) is 31.5 Å². The lowest BCUT2D eigenvalue weighted by Gasteiger charge is -2.23. The van der Waals surface area contributed by atoms with Crippen molar-refractivity contribution in [2.24, 2.45) is 0 Å². The summed E-state index contributed by atoms with van der Waals surface area (Å²) in [5.74, 6) is -0.838. The molecule has 2 N–H and O–H groups in total. The lowest BCUT2D eigenvalue weighted by Crippen LogP contribution is -2.22. The Morgan fingerprint density at radius 3 is 2.65 bits per heavy atom. The normalized spacial score (nSPS) is 11.6. The Labute approximate surface area is 116 Å². The molecule has 5 nitrogen and oxygen atoms in total. The summed E-state index contributed by atoms with van der Waals surface area (Å²) in [6.07, 6.45) is 1.69. The first-order valence-corrected chi connectivity index (χ1v) is 6.41. The first-order chi connectivity index (χ1) is 9.31. The van der Waals surface area contributed by atoms with E-state index in [0.29, 0.717) is 0 Å². The summed E-state index contributed by atoms with van der Waals surface area (Å²) >= 11 is 0. The van der Waals surface area contributed by atoms with Gasteiger partial charge in [0.1, 0.15) is 0 Å². The number of hydrogen-bond acceptors (Lipinski definition) is 2.